The first kappa shape index (κ1) is 11.9. The highest BCUT2D eigenvalue weighted by Crippen LogP contribution is 2.50. The van der Waals surface area contributed by atoms with Gasteiger partial charge in [-0.05, 0) is 50.3 Å². The number of carbonyl (C=O) groups is 2. The third-order valence-corrected chi connectivity index (χ3v) is 4.92. The van der Waals surface area contributed by atoms with Crippen LogP contribution in [0.5, 0.6) is 0 Å². The predicted octanol–water partition coefficient (Wildman–Crippen LogP) is 2.72. The number of carbonyl (C=O) groups excluding carboxylic acids is 2. The highest BCUT2D eigenvalue weighted by Gasteiger charge is 2.56. The van der Waals surface area contributed by atoms with Crippen molar-refractivity contribution >= 4 is 11.9 Å². The van der Waals surface area contributed by atoms with E-state index < -0.39 is 5.60 Å². The van der Waals surface area contributed by atoms with Crippen molar-refractivity contribution in [1.82, 2.24) is 0 Å². The van der Waals surface area contributed by atoms with Crippen LogP contribution in [-0.2, 0) is 9.47 Å². The second-order valence-electron chi connectivity index (χ2n) is 6.05. The van der Waals surface area contributed by atoms with Crippen LogP contribution in [0.1, 0.15) is 52.8 Å². The fourth-order valence-electron chi connectivity index (χ4n) is 3.94. The molecule has 0 amide bonds. The molecule has 2 fully saturated rings. The van der Waals surface area contributed by atoms with Gasteiger partial charge in [-0.1, -0.05) is 6.07 Å². The van der Waals surface area contributed by atoms with Crippen LogP contribution in [0, 0.1) is 5.92 Å². The zero-order chi connectivity index (χ0) is 13.7. The average molecular weight is 272 g/mol. The topological polar surface area (TPSA) is 52.6 Å². The maximum atomic E-state index is 12.3. The Balaban J connectivity index is 1.81. The van der Waals surface area contributed by atoms with Crippen LogP contribution in [0.3, 0.4) is 0 Å². The number of fused-ring (bicyclic) bond motifs is 2. The van der Waals surface area contributed by atoms with Crippen LogP contribution in [0.4, 0.5) is 0 Å². The van der Waals surface area contributed by atoms with E-state index in [1.54, 1.807) is 24.3 Å². The zero-order valence-electron chi connectivity index (χ0n) is 11.1. The van der Waals surface area contributed by atoms with Gasteiger partial charge in [-0.3, -0.25) is 0 Å². The second kappa shape index (κ2) is 4.08. The molecule has 3 aliphatic rings. The van der Waals surface area contributed by atoms with E-state index in [9.17, 15) is 9.59 Å². The zero-order valence-corrected chi connectivity index (χ0v) is 11.1. The number of rotatable bonds is 0. The molecular weight excluding hydrogens is 256 g/mol. The molecule has 3 atom stereocenters. The molecule has 4 heteroatoms. The lowest BCUT2D eigenvalue weighted by molar-refractivity contribution is -0.108. The molecule has 2 saturated carbocycles. The van der Waals surface area contributed by atoms with Crippen LogP contribution in [-0.4, -0.2) is 23.6 Å². The van der Waals surface area contributed by atoms with E-state index in [0.29, 0.717) is 17.0 Å². The molecule has 4 nitrogen and oxygen atoms in total. The summed E-state index contributed by atoms with van der Waals surface area (Å²) in [6.45, 7) is 0. The van der Waals surface area contributed by atoms with E-state index in [1.165, 1.54) is 0 Å². The SMILES string of the molecule is O=C1OC2C3CCCC2(CC3)OC(=O)c2cccc1c2. The molecule has 0 radical (unpaired) electrons. The molecule has 0 spiro atoms. The Morgan fingerprint density at radius 2 is 1.85 bits per heavy atom. The monoisotopic (exact) mass is 272 g/mol. The van der Waals surface area contributed by atoms with Gasteiger partial charge in [0, 0.05) is 5.92 Å². The van der Waals surface area contributed by atoms with Gasteiger partial charge in [0.05, 0.1) is 11.1 Å². The van der Waals surface area contributed by atoms with Crippen LogP contribution in [0.2, 0.25) is 0 Å². The fourth-order valence-corrected chi connectivity index (χ4v) is 3.94. The second-order valence-corrected chi connectivity index (χ2v) is 6.05. The molecular formula is C16H16O4. The largest absolute Gasteiger partial charge is 0.454 e. The maximum absolute atomic E-state index is 12.3. The standard InChI is InChI=1S/C16H16O4/c17-14-11-3-1-4-12(9-11)15(18)20-16-7-2-5-10(6-8-16)13(16)19-14/h1,3-4,9-10,13H,2,5-8H2. The van der Waals surface area contributed by atoms with Crippen molar-refractivity contribution in [2.75, 3.05) is 0 Å². The summed E-state index contributed by atoms with van der Waals surface area (Å²) >= 11 is 0. The molecule has 20 heavy (non-hydrogen) atoms. The van der Waals surface area contributed by atoms with Crippen molar-refractivity contribution in [3.63, 3.8) is 0 Å². The smallest absolute Gasteiger partial charge is 0.338 e. The predicted molar refractivity (Wildman–Crippen MR) is 70.4 cm³/mol. The summed E-state index contributed by atoms with van der Waals surface area (Å²) in [6, 6.07) is 6.62. The summed E-state index contributed by atoms with van der Waals surface area (Å²) in [7, 11) is 0. The van der Waals surface area contributed by atoms with Gasteiger partial charge in [-0.15, -0.1) is 0 Å². The molecule has 0 aromatic heterocycles. The molecule has 4 rings (SSSR count). The molecule has 0 N–H and O–H groups in total. The first-order valence-electron chi connectivity index (χ1n) is 7.22. The van der Waals surface area contributed by atoms with Gasteiger partial charge in [0.15, 0.2) is 0 Å². The number of ether oxygens (including phenoxy) is 2. The molecule has 0 saturated heterocycles. The molecule has 1 aromatic carbocycles. The lowest BCUT2D eigenvalue weighted by atomic mass is 9.82. The normalized spacial score (nSPS) is 35.2. The van der Waals surface area contributed by atoms with Crippen molar-refractivity contribution in [1.29, 1.82) is 0 Å². The van der Waals surface area contributed by atoms with Crippen LogP contribution < -0.4 is 0 Å². The van der Waals surface area contributed by atoms with E-state index >= 15 is 0 Å². The van der Waals surface area contributed by atoms with Crippen molar-refractivity contribution < 1.29 is 19.1 Å². The van der Waals surface area contributed by atoms with Crippen molar-refractivity contribution in [3.05, 3.63) is 35.4 Å². The van der Waals surface area contributed by atoms with Gasteiger partial charge in [-0.2, -0.15) is 0 Å². The lowest BCUT2D eigenvalue weighted by Gasteiger charge is -2.39. The summed E-state index contributed by atoms with van der Waals surface area (Å²) in [6.07, 6.45) is 4.38. The van der Waals surface area contributed by atoms with Crippen molar-refractivity contribution in [2.24, 2.45) is 5.92 Å². The summed E-state index contributed by atoms with van der Waals surface area (Å²) in [5.74, 6) is -0.344. The molecule has 3 unspecified atom stereocenters. The molecule has 1 heterocycles. The van der Waals surface area contributed by atoms with Gasteiger partial charge in [-0.25, -0.2) is 9.59 Å². The highest BCUT2D eigenvalue weighted by molar-refractivity contribution is 5.96. The third kappa shape index (κ3) is 1.60. The van der Waals surface area contributed by atoms with Crippen LogP contribution in [0.25, 0.3) is 0 Å². The van der Waals surface area contributed by atoms with Gasteiger partial charge in [0.2, 0.25) is 0 Å². The van der Waals surface area contributed by atoms with Crippen molar-refractivity contribution in [3.8, 4) is 0 Å². The van der Waals surface area contributed by atoms with Crippen molar-refractivity contribution in [2.45, 2.75) is 43.8 Å². The highest BCUT2D eigenvalue weighted by atomic mass is 16.6. The molecule has 2 aliphatic carbocycles. The fraction of sp³-hybridized carbons (Fsp3) is 0.500. The third-order valence-electron chi connectivity index (χ3n) is 4.92. The van der Waals surface area contributed by atoms with E-state index in [-0.39, 0.29) is 18.0 Å². The van der Waals surface area contributed by atoms with E-state index in [1.807, 2.05) is 0 Å². The first-order valence-corrected chi connectivity index (χ1v) is 7.22. The Labute approximate surface area is 117 Å². The quantitative estimate of drug-likeness (QED) is 0.681. The Bertz CT molecular complexity index is 590. The minimum atomic E-state index is -0.595. The van der Waals surface area contributed by atoms with E-state index in [0.717, 1.165) is 32.1 Å². The minimum Gasteiger partial charge on any atom is -0.454 e. The van der Waals surface area contributed by atoms with Crippen LogP contribution in [0.15, 0.2) is 24.3 Å². The number of benzene rings is 1. The molecule has 4 bridgehead atoms. The number of hydrogen-bond donors (Lipinski definition) is 0. The maximum Gasteiger partial charge on any atom is 0.338 e. The van der Waals surface area contributed by atoms with Gasteiger partial charge < -0.3 is 9.47 Å². The van der Waals surface area contributed by atoms with Gasteiger partial charge >= 0.3 is 11.9 Å². The van der Waals surface area contributed by atoms with Crippen LogP contribution >= 0.6 is 0 Å². The Morgan fingerprint density at radius 3 is 2.70 bits per heavy atom. The molecule has 1 aromatic rings. The summed E-state index contributed by atoms with van der Waals surface area (Å²) in [4.78, 5) is 24.6. The van der Waals surface area contributed by atoms with E-state index in [4.69, 9.17) is 9.47 Å². The number of esters is 2. The Kier molecular flexibility index (Phi) is 2.43. The van der Waals surface area contributed by atoms with Gasteiger partial charge in [0.25, 0.3) is 0 Å². The summed E-state index contributed by atoms with van der Waals surface area (Å²) in [5, 5.41) is 0. The summed E-state index contributed by atoms with van der Waals surface area (Å²) in [5.41, 5.74) is 0.271. The summed E-state index contributed by atoms with van der Waals surface area (Å²) < 4.78 is 11.5. The van der Waals surface area contributed by atoms with E-state index in [2.05, 4.69) is 0 Å². The molecule has 1 aliphatic heterocycles. The Hall–Kier alpha value is -1.84. The Morgan fingerprint density at radius 1 is 1.05 bits per heavy atom. The lowest BCUT2D eigenvalue weighted by Crippen LogP contribution is -2.48. The van der Waals surface area contributed by atoms with Gasteiger partial charge in [0.1, 0.15) is 11.7 Å². The minimum absolute atomic E-state index is 0.276. The number of hydrogen-bond acceptors (Lipinski definition) is 4. The first-order chi connectivity index (χ1) is 9.68. The molecule has 104 valence electrons. The average Bonchev–Trinajstić information content (AvgIpc) is 2.66.